The predicted octanol–water partition coefficient (Wildman–Crippen LogP) is 3.55. The Bertz CT molecular complexity index is 1300. The Morgan fingerprint density at radius 3 is 2.69 bits per heavy atom. The summed E-state index contributed by atoms with van der Waals surface area (Å²) < 4.78 is 7.40. The number of ether oxygens (including phenoxy) is 1. The van der Waals surface area contributed by atoms with Gasteiger partial charge in [-0.3, -0.25) is 5.43 Å². The summed E-state index contributed by atoms with van der Waals surface area (Å²) in [6.07, 6.45) is 1.67. The molecule has 158 valence electrons. The number of morpholine rings is 1. The summed E-state index contributed by atoms with van der Waals surface area (Å²) in [4.78, 5) is 6.95. The van der Waals surface area contributed by atoms with Gasteiger partial charge in [0.25, 0.3) is 0 Å². The number of nitrogens with zero attached hydrogens (tertiary/aromatic N) is 6. The maximum absolute atomic E-state index is 9.06. The Labute approximate surface area is 185 Å². The summed E-state index contributed by atoms with van der Waals surface area (Å²) in [5, 5.41) is 18.2. The van der Waals surface area contributed by atoms with Crippen LogP contribution in [0.3, 0.4) is 0 Å². The van der Waals surface area contributed by atoms with Crippen LogP contribution in [-0.2, 0) is 4.74 Å². The summed E-state index contributed by atoms with van der Waals surface area (Å²) in [6, 6.07) is 23.4. The van der Waals surface area contributed by atoms with Crippen molar-refractivity contribution < 1.29 is 4.74 Å². The minimum atomic E-state index is 0.593. The average molecular weight is 423 g/mol. The van der Waals surface area contributed by atoms with E-state index in [0.717, 1.165) is 41.4 Å². The SMILES string of the molecule is N#Cc1cccc(/C=N/Nc2cc(N3CCOCC3)n3nc(-c4ccccc4)cc3n2)c1. The van der Waals surface area contributed by atoms with Gasteiger partial charge in [-0.2, -0.15) is 20.0 Å². The molecule has 1 saturated heterocycles. The summed E-state index contributed by atoms with van der Waals surface area (Å²) in [5.41, 5.74) is 7.09. The molecule has 0 aliphatic carbocycles. The molecule has 1 N–H and O–H groups in total. The Morgan fingerprint density at radius 2 is 1.88 bits per heavy atom. The molecule has 0 unspecified atom stereocenters. The molecular formula is C24H21N7O. The fourth-order valence-electron chi connectivity index (χ4n) is 3.65. The lowest BCUT2D eigenvalue weighted by Gasteiger charge is -2.29. The molecule has 32 heavy (non-hydrogen) atoms. The van der Waals surface area contributed by atoms with Crippen molar-refractivity contribution in [3.63, 3.8) is 0 Å². The van der Waals surface area contributed by atoms with E-state index in [1.54, 1.807) is 18.3 Å². The number of aromatic nitrogens is 3. The first-order valence-electron chi connectivity index (χ1n) is 10.4. The smallest absolute Gasteiger partial charge is 0.160 e. The highest BCUT2D eigenvalue weighted by atomic mass is 16.5. The average Bonchev–Trinajstić information content (AvgIpc) is 3.29. The van der Waals surface area contributed by atoms with Gasteiger partial charge in [0.1, 0.15) is 5.82 Å². The Balaban J connectivity index is 1.49. The minimum Gasteiger partial charge on any atom is -0.378 e. The fraction of sp³-hybridized carbons (Fsp3) is 0.167. The molecule has 3 heterocycles. The number of nitriles is 1. The number of benzene rings is 2. The zero-order valence-corrected chi connectivity index (χ0v) is 17.3. The van der Waals surface area contributed by atoms with Gasteiger partial charge in [-0.1, -0.05) is 42.5 Å². The molecule has 2 aromatic carbocycles. The summed E-state index contributed by atoms with van der Waals surface area (Å²) in [7, 11) is 0. The lowest BCUT2D eigenvalue weighted by Crippen LogP contribution is -2.37. The standard InChI is InChI=1S/C24H21N7O/c25-16-18-5-4-6-19(13-18)17-26-28-22-15-24(30-9-11-32-12-10-30)31-23(27-22)14-21(29-31)20-7-2-1-3-8-20/h1-8,13-15,17H,9-12H2,(H,27,28)/b26-17+. The second-order valence-electron chi connectivity index (χ2n) is 7.37. The van der Waals surface area contributed by atoms with Crippen molar-refractivity contribution in [3.05, 3.63) is 77.9 Å². The Hall–Kier alpha value is -4.22. The minimum absolute atomic E-state index is 0.593. The van der Waals surface area contributed by atoms with Crippen molar-refractivity contribution >= 4 is 23.5 Å². The second-order valence-corrected chi connectivity index (χ2v) is 7.37. The van der Waals surface area contributed by atoms with E-state index in [-0.39, 0.29) is 0 Å². The van der Waals surface area contributed by atoms with Gasteiger partial charge in [0, 0.05) is 30.8 Å². The van der Waals surface area contributed by atoms with E-state index in [9.17, 15) is 0 Å². The van der Waals surface area contributed by atoms with Gasteiger partial charge in [-0.25, -0.2) is 4.98 Å². The molecule has 0 atom stereocenters. The van der Waals surface area contributed by atoms with Crippen molar-refractivity contribution in [2.24, 2.45) is 5.10 Å². The normalized spacial score (nSPS) is 14.0. The fourth-order valence-corrected chi connectivity index (χ4v) is 3.65. The van der Waals surface area contributed by atoms with Crippen LogP contribution in [0.5, 0.6) is 0 Å². The van der Waals surface area contributed by atoms with Gasteiger partial charge in [0.15, 0.2) is 11.5 Å². The third kappa shape index (κ3) is 4.15. The molecule has 5 rings (SSSR count). The second kappa shape index (κ2) is 8.88. The monoisotopic (exact) mass is 423 g/mol. The number of anilines is 2. The summed E-state index contributed by atoms with van der Waals surface area (Å²) in [5.74, 6) is 1.55. The highest BCUT2D eigenvalue weighted by Gasteiger charge is 2.18. The first-order valence-corrected chi connectivity index (χ1v) is 10.4. The highest BCUT2D eigenvalue weighted by Crippen LogP contribution is 2.25. The molecule has 1 aliphatic rings. The quantitative estimate of drug-likeness (QED) is 0.390. The Kier molecular flexibility index (Phi) is 5.47. The molecule has 2 aromatic heterocycles. The molecule has 0 amide bonds. The molecular weight excluding hydrogens is 402 g/mol. The van der Waals surface area contributed by atoms with Crippen LogP contribution >= 0.6 is 0 Å². The van der Waals surface area contributed by atoms with Crippen LogP contribution in [0.4, 0.5) is 11.6 Å². The van der Waals surface area contributed by atoms with Crippen molar-refractivity contribution in [1.29, 1.82) is 5.26 Å². The van der Waals surface area contributed by atoms with E-state index < -0.39 is 0 Å². The van der Waals surface area contributed by atoms with Crippen LogP contribution in [0.15, 0.2) is 71.8 Å². The van der Waals surface area contributed by atoms with Gasteiger partial charge >= 0.3 is 0 Å². The molecule has 1 fully saturated rings. The number of rotatable bonds is 5. The number of hydrazone groups is 1. The van der Waals surface area contributed by atoms with Crippen molar-refractivity contribution in [1.82, 2.24) is 14.6 Å². The lowest BCUT2D eigenvalue weighted by atomic mass is 10.1. The number of fused-ring (bicyclic) bond motifs is 1. The third-order valence-corrected chi connectivity index (χ3v) is 5.22. The van der Waals surface area contributed by atoms with Crippen LogP contribution < -0.4 is 10.3 Å². The molecule has 8 nitrogen and oxygen atoms in total. The van der Waals surface area contributed by atoms with E-state index >= 15 is 0 Å². The summed E-state index contributed by atoms with van der Waals surface area (Å²) in [6.45, 7) is 2.91. The van der Waals surface area contributed by atoms with Crippen LogP contribution in [0, 0.1) is 11.3 Å². The third-order valence-electron chi connectivity index (χ3n) is 5.22. The maximum atomic E-state index is 9.06. The molecule has 0 radical (unpaired) electrons. The van der Waals surface area contributed by atoms with E-state index in [1.807, 2.05) is 59.1 Å². The molecule has 0 bridgehead atoms. The topological polar surface area (TPSA) is 90.8 Å². The molecule has 0 spiro atoms. The van der Waals surface area contributed by atoms with Crippen LogP contribution in [0.2, 0.25) is 0 Å². The number of hydrogen-bond donors (Lipinski definition) is 1. The van der Waals surface area contributed by atoms with Gasteiger partial charge in [0.05, 0.1) is 36.8 Å². The van der Waals surface area contributed by atoms with Crippen molar-refractivity contribution in [2.75, 3.05) is 36.6 Å². The number of hydrogen-bond acceptors (Lipinski definition) is 7. The van der Waals surface area contributed by atoms with Gasteiger partial charge in [-0.05, 0) is 17.7 Å². The van der Waals surface area contributed by atoms with Gasteiger partial charge in [-0.15, -0.1) is 0 Å². The molecule has 1 aliphatic heterocycles. The zero-order valence-electron chi connectivity index (χ0n) is 17.3. The molecule has 0 saturated carbocycles. The van der Waals surface area contributed by atoms with Crippen LogP contribution in [-0.4, -0.2) is 47.1 Å². The van der Waals surface area contributed by atoms with E-state index in [0.29, 0.717) is 24.6 Å². The van der Waals surface area contributed by atoms with Crippen LogP contribution in [0.1, 0.15) is 11.1 Å². The van der Waals surface area contributed by atoms with Gasteiger partial charge < -0.3 is 9.64 Å². The largest absolute Gasteiger partial charge is 0.378 e. The van der Waals surface area contributed by atoms with E-state index in [2.05, 4.69) is 21.5 Å². The first-order chi connectivity index (χ1) is 15.8. The summed E-state index contributed by atoms with van der Waals surface area (Å²) >= 11 is 0. The van der Waals surface area contributed by atoms with E-state index in [1.165, 1.54) is 0 Å². The molecule has 4 aromatic rings. The first kappa shape index (κ1) is 19.7. The maximum Gasteiger partial charge on any atom is 0.160 e. The predicted molar refractivity (Wildman–Crippen MR) is 124 cm³/mol. The van der Waals surface area contributed by atoms with E-state index in [4.69, 9.17) is 20.1 Å². The van der Waals surface area contributed by atoms with Crippen LogP contribution in [0.25, 0.3) is 16.9 Å². The van der Waals surface area contributed by atoms with Gasteiger partial charge in [0.2, 0.25) is 0 Å². The van der Waals surface area contributed by atoms with Crippen molar-refractivity contribution in [2.45, 2.75) is 0 Å². The Morgan fingerprint density at radius 1 is 1.03 bits per heavy atom. The highest BCUT2D eigenvalue weighted by molar-refractivity contribution is 5.80. The molecule has 8 heteroatoms. The lowest BCUT2D eigenvalue weighted by molar-refractivity contribution is 0.122. The van der Waals surface area contributed by atoms with Crippen molar-refractivity contribution in [3.8, 4) is 17.3 Å². The number of nitrogens with one attached hydrogen (secondary N) is 1. The zero-order chi connectivity index (χ0) is 21.8.